The molecule has 0 aliphatic carbocycles. The normalized spacial score (nSPS) is 11.3. The molecule has 0 atom stereocenters. The van der Waals surface area contributed by atoms with E-state index in [1.807, 2.05) is 0 Å². The van der Waals surface area contributed by atoms with Crippen molar-refractivity contribution in [2.75, 3.05) is 0 Å². The number of hydrogen-bond donors (Lipinski definition) is 1. The number of nitro benzene ring substituents is 1. The van der Waals surface area contributed by atoms with Gasteiger partial charge in [-0.1, -0.05) is 0 Å². The van der Waals surface area contributed by atoms with E-state index in [0.717, 1.165) is 5.56 Å². The fourth-order valence-corrected chi connectivity index (χ4v) is 2.52. The second kappa shape index (κ2) is 5.01. The first kappa shape index (κ1) is 14.1. The highest BCUT2D eigenvalue weighted by Gasteiger charge is 2.32. The quantitative estimate of drug-likeness (QED) is 0.690. The predicted molar refractivity (Wildman–Crippen MR) is 74.9 cm³/mol. The highest BCUT2D eigenvalue weighted by Crippen LogP contribution is 2.31. The van der Waals surface area contributed by atoms with Crippen LogP contribution in [0.4, 0.5) is 5.69 Å². The maximum atomic E-state index is 11.2. The summed E-state index contributed by atoms with van der Waals surface area (Å²) in [5, 5.41) is 22.1. The van der Waals surface area contributed by atoms with Crippen molar-refractivity contribution in [3.8, 4) is 10.6 Å². The summed E-state index contributed by atoms with van der Waals surface area (Å²) >= 11 is 1.32. The first-order valence-electron chi connectivity index (χ1n) is 5.76. The van der Waals surface area contributed by atoms with E-state index in [2.05, 4.69) is 4.98 Å². The third-order valence-electron chi connectivity index (χ3n) is 3.00. The second-order valence-electron chi connectivity index (χ2n) is 4.77. The number of benzene rings is 1. The van der Waals surface area contributed by atoms with E-state index < -0.39 is 16.3 Å². The number of hydrogen-bond acceptors (Lipinski definition) is 5. The molecule has 0 saturated heterocycles. The lowest BCUT2D eigenvalue weighted by molar-refractivity contribution is -0.384. The Kier molecular flexibility index (Phi) is 3.54. The Morgan fingerprint density at radius 2 is 1.95 bits per heavy atom. The van der Waals surface area contributed by atoms with Crippen LogP contribution in [0.25, 0.3) is 10.6 Å². The molecular weight excluding hydrogens is 280 g/mol. The predicted octanol–water partition coefficient (Wildman–Crippen LogP) is 3.08. The number of non-ortho nitro benzene ring substituents is 1. The van der Waals surface area contributed by atoms with Gasteiger partial charge in [-0.3, -0.25) is 14.9 Å². The van der Waals surface area contributed by atoms with Gasteiger partial charge >= 0.3 is 5.97 Å². The molecule has 1 N–H and O–H groups in total. The molecule has 1 aromatic carbocycles. The number of carbonyl (C=O) groups is 1. The van der Waals surface area contributed by atoms with Crippen LogP contribution in [-0.2, 0) is 10.2 Å². The molecule has 20 heavy (non-hydrogen) atoms. The number of carboxylic acids is 1. The summed E-state index contributed by atoms with van der Waals surface area (Å²) in [5.41, 5.74) is 0.156. The smallest absolute Gasteiger partial charge is 0.315 e. The van der Waals surface area contributed by atoms with E-state index in [1.54, 1.807) is 31.4 Å². The third-order valence-corrected chi connectivity index (χ3v) is 3.90. The maximum absolute atomic E-state index is 11.2. The summed E-state index contributed by atoms with van der Waals surface area (Å²) in [6.07, 6.45) is 0. The molecule has 2 aromatic rings. The fraction of sp³-hybridized carbons (Fsp3) is 0.231. The molecule has 0 saturated carbocycles. The molecule has 1 heterocycles. The molecule has 0 aliphatic heterocycles. The first-order chi connectivity index (χ1) is 9.32. The SMILES string of the molecule is CC(C)(C(=O)O)c1csc(-c2ccc([N+](=O)[O-])cc2)n1. The minimum absolute atomic E-state index is 0.0106. The molecule has 6 nitrogen and oxygen atoms in total. The van der Waals surface area contributed by atoms with Crippen LogP contribution in [0, 0.1) is 10.1 Å². The van der Waals surface area contributed by atoms with Gasteiger partial charge in [0.1, 0.15) is 10.4 Å². The van der Waals surface area contributed by atoms with E-state index in [9.17, 15) is 14.9 Å². The van der Waals surface area contributed by atoms with Crippen LogP contribution >= 0.6 is 11.3 Å². The van der Waals surface area contributed by atoms with Crippen molar-refractivity contribution in [1.82, 2.24) is 4.98 Å². The summed E-state index contributed by atoms with van der Waals surface area (Å²) in [4.78, 5) is 25.6. The molecule has 7 heteroatoms. The zero-order valence-corrected chi connectivity index (χ0v) is 11.7. The Balaban J connectivity index is 2.34. The molecule has 0 spiro atoms. The number of aromatic nitrogens is 1. The second-order valence-corrected chi connectivity index (χ2v) is 5.63. The van der Waals surface area contributed by atoms with E-state index in [-0.39, 0.29) is 5.69 Å². The molecule has 0 amide bonds. The summed E-state index contributed by atoms with van der Waals surface area (Å²) in [6.45, 7) is 3.17. The van der Waals surface area contributed by atoms with E-state index in [1.165, 1.54) is 23.5 Å². The van der Waals surface area contributed by atoms with Gasteiger partial charge in [0.2, 0.25) is 0 Å². The Bertz CT molecular complexity index is 661. The number of carboxylic acid groups (broad SMARTS) is 1. The maximum Gasteiger partial charge on any atom is 0.315 e. The van der Waals surface area contributed by atoms with E-state index in [4.69, 9.17) is 5.11 Å². The summed E-state index contributed by atoms with van der Waals surface area (Å²) in [7, 11) is 0. The van der Waals surface area contributed by atoms with Crippen molar-refractivity contribution in [3.63, 3.8) is 0 Å². The van der Waals surface area contributed by atoms with Crippen LogP contribution in [0.2, 0.25) is 0 Å². The Morgan fingerprint density at radius 1 is 1.35 bits per heavy atom. The number of nitrogens with zero attached hydrogens (tertiary/aromatic N) is 2. The highest BCUT2D eigenvalue weighted by atomic mass is 32.1. The zero-order valence-electron chi connectivity index (χ0n) is 10.9. The van der Waals surface area contributed by atoms with Crippen LogP contribution in [0.1, 0.15) is 19.5 Å². The van der Waals surface area contributed by atoms with Crippen molar-refractivity contribution < 1.29 is 14.8 Å². The third kappa shape index (κ3) is 2.53. The molecule has 0 bridgehead atoms. The number of rotatable bonds is 4. The van der Waals surface area contributed by atoms with E-state index >= 15 is 0 Å². The van der Waals surface area contributed by atoms with Crippen molar-refractivity contribution in [1.29, 1.82) is 0 Å². The van der Waals surface area contributed by atoms with Crippen molar-refractivity contribution in [2.45, 2.75) is 19.3 Å². The standard InChI is InChI=1S/C13H12N2O4S/c1-13(2,12(16)17)10-7-20-11(14-10)8-3-5-9(6-4-8)15(18)19/h3-7H,1-2H3,(H,16,17). The van der Waals surface area contributed by atoms with Gasteiger partial charge in [-0.25, -0.2) is 4.98 Å². The van der Waals surface area contributed by atoms with Crippen molar-refractivity contribution >= 4 is 23.0 Å². The molecule has 0 fully saturated rings. The topological polar surface area (TPSA) is 93.3 Å². The molecular formula is C13H12N2O4S. The van der Waals surface area contributed by atoms with Crippen molar-refractivity contribution in [3.05, 3.63) is 45.5 Å². The largest absolute Gasteiger partial charge is 0.481 e. The van der Waals surface area contributed by atoms with Gasteiger partial charge < -0.3 is 5.11 Å². The lowest BCUT2D eigenvalue weighted by Crippen LogP contribution is -2.28. The van der Waals surface area contributed by atoms with Gasteiger partial charge in [-0.2, -0.15) is 0 Å². The number of nitro groups is 1. The van der Waals surface area contributed by atoms with Crippen LogP contribution in [-0.4, -0.2) is 21.0 Å². The molecule has 1 aromatic heterocycles. The lowest BCUT2D eigenvalue weighted by Gasteiger charge is -2.15. The van der Waals surface area contributed by atoms with Gasteiger partial charge in [0.15, 0.2) is 0 Å². The van der Waals surface area contributed by atoms with E-state index in [0.29, 0.717) is 10.7 Å². The number of thiazole rings is 1. The Labute approximate surface area is 118 Å². The van der Waals surface area contributed by atoms with Crippen molar-refractivity contribution in [2.24, 2.45) is 0 Å². The highest BCUT2D eigenvalue weighted by molar-refractivity contribution is 7.13. The zero-order chi connectivity index (χ0) is 14.9. The van der Waals surface area contributed by atoms with Gasteiger partial charge in [0.25, 0.3) is 5.69 Å². The number of aliphatic carboxylic acids is 1. The molecule has 2 rings (SSSR count). The Morgan fingerprint density at radius 3 is 2.45 bits per heavy atom. The van der Waals surface area contributed by atoms with Gasteiger partial charge in [0.05, 0.1) is 10.6 Å². The minimum Gasteiger partial charge on any atom is -0.481 e. The Hall–Kier alpha value is -2.28. The monoisotopic (exact) mass is 292 g/mol. The van der Waals surface area contributed by atoms with Gasteiger partial charge in [-0.05, 0) is 26.0 Å². The lowest BCUT2D eigenvalue weighted by atomic mass is 9.90. The summed E-state index contributed by atoms with van der Waals surface area (Å²) in [5.74, 6) is -0.946. The average Bonchev–Trinajstić information content (AvgIpc) is 2.88. The summed E-state index contributed by atoms with van der Waals surface area (Å²) < 4.78 is 0. The van der Waals surface area contributed by atoms with Crippen LogP contribution in [0.3, 0.4) is 0 Å². The summed E-state index contributed by atoms with van der Waals surface area (Å²) in [6, 6.07) is 6.01. The van der Waals surface area contributed by atoms with Crippen LogP contribution < -0.4 is 0 Å². The molecule has 0 unspecified atom stereocenters. The van der Waals surface area contributed by atoms with Crippen LogP contribution in [0.15, 0.2) is 29.6 Å². The fourth-order valence-electron chi connectivity index (χ4n) is 1.53. The molecule has 0 aliphatic rings. The van der Waals surface area contributed by atoms with Crippen LogP contribution in [0.5, 0.6) is 0 Å². The van der Waals surface area contributed by atoms with Gasteiger partial charge in [-0.15, -0.1) is 11.3 Å². The average molecular weight is 292 g/mol. The molecule has 0 radical (unpaired) electrons. The molecule has 104 valence electrons. The first-order valence-corrected chi connectivity index (χ1v) is 6.64. The minimum atomic E-state index is -1.06. The van der Waals surface area contributed by atoms with Gasteiger partial charge in [0, 0.05) is 23.1 Å².